The molecule has 3 N–H and O–H groups in total. The smallest absolute Gasteiger partial charge is 0.251 e. The summed E-state index contributed by atoms with van der Waals surface area (Å²) in [5.41, 5.74) is 6.60. The van der Waals surface area contributed by atoms with E-state index >= 15 is 0 Å². The molecule has 0 bridgehead atoms. The molecule has 0 saturated heterocycles. The highest BCUT2D eigenvalue weighted by Gasteiger charge is 2.11. The molecule has 3 nitrogen and oxygen atoms in total. The standard InChI is InChI=1S/C14H12F2N2OS/c1-18-14(19)8-2-5-11(17)13(6-8)20-12-7-9(15)3-4-10(12)16/h2-7H,17H2,1H3,(H,18,19). The fraction of sp³-hybridized carbons (Fsp3) is 0.0714. The Kier molecular flexibility index (Phi) is 4.24. The lowest BCUT2D eigenvalue weighted by Gasteiger charge is -2.08. The van der Waals surface area contributed by atoms with Crippen molar-refractivity contribution in [2.45, 2.75) is 9.79 Å². The predicted molar refractivity (Wildman–Crippen MR) is 74.7 cm³/mol. The van der Waals surface area contributed by atoms with Crippen LogP contribution in [0.3, 0.4) is 0 Å². The lowest BCUT2D eigenvalue weighted by Crippen LogP contribution is -2.17. The molecule has 2 aromatic rings. The highest BCUT2D eigenvalue weighted by atomic mass is 32.2. The summed E-state index contributed by atoms with van der Waals surface area (Å²) in [6, 6.07) is 7.86. The van der Waals surface area contributed by atoms with Gasteiger partial charge in [-0.2, -0.15) is 0 Å². The van der Waals surface area contributed by atoms with Gasteiger partial charge in [-0.15, -0.1) is 0 Å². The molecule has 2 rings (SSSR count). The number of halogens is 2. The van der Waals surface area contributed by atoms with E-state index in [1.165, 1.54) is 7.05 Å². The zero-order valence-corrected chi connectivity index (χ0v) is 11.4. The molecule has 0 fully saturated rings. The van der Waals surface area contributed by atoms with Crippen LogP contribution in [0, 0.1) is 11.6 Å². The molecule has 0 radical (unpaired) electrons. The second-order valence-electron chi connectivity index (χ2n) is 4.01. The van der Waals surface area contributed by atoms with Gasteiger partial charge in [-0.25, -0.2) is 8.78 Å². The minimum absolute atomic E-state index is 0.116. The number of nitrogens with two attached hydrogens (primary N) is 1. The number of benzene rings is 2. The van der Waals surface area contributed by atoms with E-state index in [1.54, 1.807) is 18.2 Å². The summed E-state index contributed by atoms with van der Waals surface area (Å²) in [5, 5.41) is 2.49. The first-order valence-corrected chi connectivity index (χ1v) is 6.57. The maximum absolute atomic E-state index is 13.6. The molecule has 0 atom stereocenters. The average molecular weight is 294 g/mol. The SMILES string of the molecule is CNC(=O)c1ccc(N)c(Sc2cc(F)ccc2F)c1. The number of nitrogen functional groups attached to an aromatic ring is 1. The van der Waals surface area contributed by atoms with Gasteiger partial charge >= 0.3 is 0 Å². The molecule has 0 aliphatic carbocycles. The fourth-order valence-electron chi connectivity index (χ4n) is 1.58. The Morgan fingerprint density at radius 1 is 1.15 bits per heavy atom. The second-order valence-corrected chi connectivity index (χ2v) is 5.09. The number of rotatable bonds is 3. The number of hydrogen-bond acceptors (Lipinski definition) is 3. The monoisotopic (exact) mass is 294 g/mol. The molecule has 104 valence electrons. The first kappa shape index (κ1) is 14.3. The quantitative estimate of drug-likeness (QED) is 0.855. The van der Waals surface area contributed by atoms with Crippen molar-refractivity contribution in [1.82, 2.24) is 5.32 Å². The van der Waals surface area contributed by atoms with E-state index in [0.717, 1.165) is 30.0 Å². The Hall–Kier alpha value is -2.08. The molecule has 0 aromatic heterocycles. The maximum atomic E-state index is 13.6. The number of anilines is 1. The number of hydrogen-bond donors (Lipinski definition) is 2. The number of amides is 1. The number of nitrogens with one attached hydrogen (secondary N) is 1. The molecule has 0 aliphatic heterocycles. The highest BCUT2D eigenvalue weighted by molar-refractivity contribution is 7.99. The second kappa shape index (κ2) is 5.92. The topological polar surface area (TPSA) is 55.1 Å². The molecule has 20 heavy (non-hydrogen) atoms. The molecule has 1 amide bonds. The number of carbonyl (C=O) groups excluding carboxylic acids is 1. The van der Waals surface area contributed by atoms with Gasteiger partial charge in [0.25, 0.3) is 5.91 Å². The molecule has 0 spiro atoms. The van der Waals surface area contributed by atoms with E-state index in [2.05, 4.69) is 5.32 Å². The van der Waals surface area contributed by atoms with Gasteiger partial charge in [-0.1, -0.05) is 11.8 Å². The first-order valence-electron chi connectivity index (χ1n) is 5.76. The van der Waals surface area contributed by atoms with Gasteiger partial charge in [-0.05, 0) is 36.4 Å². The van der Waals surface area contributed by atoms with E-state index in [9.17, 15) is 13.6 Å². The van der Waals surface area contributed by atoms with Crippen LogP contribution in [0.15, 0.2) is 46.2 Å². The van der Waals surface area contributed by atoms with Crippen molar-refractivity contribution < 1.29 is 13.6 Å². The Morgan fingerprint density at radius 2 is 1.90 bits per heavy atom. The normalized spacial score (nSPS) is 10.3. The van der Waals surface area contributed by atoms with Gasteiger partial charge in [-0.3, -0.25) is 4.79 Å². The van der Waals surface area contributed by atoms with Gasteiger partial charge in [0.15, 0.2) is 0 Å². The van der Waals surface area contributed by atoms with E-state index in [-0.39, 0.29) is 10.8 Å². The summed E-state index contributed by atoms with van der Waals surface area (Å²) < 4.78 is 26.7. The van der Waals surface area contributed by atoms with E-state index in [1.807, 2.05) is 0 Å². The Bertz CT molecular complexity index is 662. The van der Waals surface area contributed by atoms with Crippen LogP contribution in [0.2, 0.25) is 0 Å². The molecule has 0 unspecified atom stereocenters. The fourth-order valence-corrected chi connectivity index (χ4v) is 2.53. The molecule has 0 aliphatic rings. The first-order chi connectivity index (χ1) is 9.51. The predicted octanol–water partition coefficient (Wildman–Crippen LogP) is 3.06. The van der Waals surface area contributed by atoms with Gasteiger partial charge in [0, 0.05) is 23.2 Å². The summed E-state index contributed by atoms with van der Waals surface area (Å²) in [5.74, 6) is -1.34. The van der Waals surface area contributed by atoms with Crippen molar-refractivity contribution in [2.24, 2.45) is 0 Å². The molecule has 2 aromatic carbocycles. The maximum Gasteiger partial charge on any atom is 0.251 e. The van der Waals surface area contributed by atoms with Gasteiger partial charge in [0.2, 0.25) is 0 Å². The van der Waals surface area contributed by atoms with E-state index < -0.39 is 11.6 Å². The minimum Gasteiger partial charge on any atom is -0.398 e. The molecular weight excluding hydrogens is 282 g/mol. The van der Waals surface area contributed by atoms with Crippen LogP contribution < -0.4 is 11.1 Å². The Morgan fingerprint density at radius 3 is 2.60 bits per heavy atom. The lowest BCUT2D eigenvalue weighted by molar-refractivity contribution is 0.0963. The lowest BCUT2D eigenvalue weighted by atomic mass is 10.2. The summed E-state index contributed by atoms with van der Waals surface area (Å²) in [7, 11) is 1.51. The van der Waals surface area contributed by atoms with Crippen LogP contribution in [0.1, 0.15) is 10.4 Å². The van der Waals surface area contributed by atoms with Crippen molar-refractivity contribution in [1.29, 1.82) is 0 Å². The van der Waals surface area contributed by atoms with E-state index in [0.29, 0.717) is 16.1 Å². The Labute approximate surface area is 119 Å². The van der Waals surface area contributed by atoms with Crippen molar-refractivity contribution in [3.05, 3.63) is 53.6 Å². The molecule has 0 saturated carbocycles. The van der Waals surface area contributed by atoms with Crippen LogP contribution in [0.25, 0.3) is 0 Å². The highest BCUT2D eigenvalue weighted by Crippen LogP contribution is 2.34. The minimum atomic E-state index is -0.541. The zero-order chi connectivity index (χ0) is 14.7. The van der Waals surface area contributed by atoms with Gasteiger partial charge in [0.1, 0.15) is 11.6 Å². The molecular formula is C14H12F2N2OS. The Balaban J connectivity index is 2.37. The number of carbonyl (C=O) groups is 1. The summed E-state index contributed by atoms with van der Waals surface area (Å²) in [6.45, 7) is 0. The summed E-state index contributed by atoms with van der Waals surface area (Å²) >= 11 is 0.977. The van der Waals surface area contributed by atoms with Crippen molar-refractivity contribution in [3.63, 3.8) is 0 Å². The van der Waals surface area contributed by atoms with Crippen LogP contribution in [0.4, 0.5) is 14.5 Å². The molecule has 6 heteroatoms. The summed E-state index contributed by atoms with van der Waals surface area (Å²) in [6.07, 6.45) is 0. The van der Waals surface area contributed by atoms with Crippen molar-refractivity contribution in [3.8, 4) is 0 Å². The third kappa shape index (κ3) is 3.08. The van der Waals surface area contributed by atoms with Crippen LogP contribution in [-0.2, 0) is 0 Å². The van der Waals surface area contributed by atoms with Gasteiger partial charge in [0.05, 0.1) is 4.90 Å². The molecule has 0 heterocycles. The zero-order valence-electron chi connectivity index (χ0n) is 10.6. The third-order valence-corrected chi connectivity index (χ3v) is 3.72. The van der Waals surface area contributed by atoms with Crippen LogP contribution >= 0.6 is 11.8 Å². The largest absolute Gasteiger partial charge is 0.398 e. The third-order valence-electron chi connectivity index (χ3n) is 2.62. The van der Waals surface area contributed by atoms with Gasteiger partial charge < -0.3 is 11.1 Å². The summed E-state index contributed by atoms with van der Waals surface area (Å²) in [4.78, 5) is 12.2. The van der Waals surface area contributed by atoms with Crippen molar-refractivity contribution >= 4 is 23.4 Å². The average Bonchev–Trinajstić information content (AvgIpc) is 2.44. The van der Waals surface area contributed by atoms with E-state index in [4.69, 9.17) is 5.73 Å². The van der Waals surface area contributed by atoms with Crippen LogP contribution in [-0.4, -0.2) is 13.0 Å². The van der Waals surface area contributed by atoms with Crippen molar-refractivity contribution in [2.75, 3.05) is 12.8 Å². The van der Waals surface area contributed by atoms with Crippen LogP contribution in [0.5, 0.6) is 0 Å².